The fraction of sp³-hybridized carbons (Fsp3) is 0.583. The Kier molecular flexibility index (Phi) is 5.39. The van der Waals surface area contributed by atoms with Gasteiger partial charge in [0, 0.05) is 20.1 Å². The number of carbonyl (C=O) groups excluding carboxylic acids is 1. The van der Waals surface area contributed by atoms with Crippen molar-refractivity contribution in [2.45, 2.75) is 20.8 Å². The first-order valence-electron chi connectivity index (χ1n) is 6.59. The van der Waals surface area contributed by atoms with Gasteiger partial charge in [0.25, 0.3) is 0 Å². The summed E-state index contributed by atoms with van der Waals surface area (Å²) in [5, 5.41) is 11.2. The molecule has 0 saturated carbocycles. The number of amides is 1. The van der Waals surface area contributed by atoms with E-state index in [0.717, 1.165) is 0 Å². The average molecular weight is 296 g/mol. The third kappa shape index (κ3) is 3.77. The summed E-state index contributed by atoms with van der Waals surface area (Å²) in [7, 11) is 1.57. The summed E-state index contributed by atoms with van der Waals surface area (Å²) in [6, 6.07) is 0. The minimum atomic E-state index is -0.567. The maximum Gasteiger partial charge on any atom is 0.332 e. The molecule has 0 radical (unpaired) electrons. The van der Waals surface area contributed by atoms with E-state index < -0.39 is 4.92 Å². The second kappa shape index (κ2) is 6.82. The Morgan fingerprint density at radius 3 is 2.38 bits per heavy atom. The number of aryl methyl sites for hydroxylation is 1. The van der Waals surface area contributed by atoms with Gasteiger partial charge in [0.15, 0.2) is 0 Å². The van der Waals surface area contributed by atoms with Crippen molar-refractivity contribution in [3.63, 3.8) is 0 Å². The molecule has 9 heteroatoms. The highest BCUT2D eigenvalue weighted by Crippen LogP contribution is 2.28. The smallest absolute Gasteiger partial charge is 0.332 e. The van der Waals surface area contributed by atoms with Crippen LogP contribution in [0.2, 0.25) is 0 Å². The zero-order valence-electron chi connectivity index (χ0n) is 12.7. The number of nitrogen functional groups attached to an aromatic ring is 1. The maximum atomic E-state index is 12.1. The van der Waals surface area contributed by atoms with Crippen molar-refractivity contribution >= 4 is 23.4 Å². The van der Waals surface area contributed by atoms with Crippen LogP contribution in [-0.4, -0.2) is 52.4 Å². The van der Waals surface area contributed by atoms with Gasteiger partial charge in [0.1, 0.15) is 5.69 Å². The van der Waals surface area contributed by atoms with Crippen molar-refractivity contribution < 1.29 is 9.72 Å². The number of nitro groups is 1. The van der Waals surface area contributed by atoms with Gasteiger partial charge in [-0.15, -0.1) is 0 Å². The summed E-state index contributed by atoms with van der Waals surface area (Å²) >= 11 is 0. The monoisotopic (exact) mass is 296 g/mol. The highest BCUT2D eigenvalue weighted by molar-refractivity contribution is 5.82. The first kappa shape index (κ1) is 16.6. The van der Waals surface area contributed by atoms with Crippen LogP contribution in [0.5, 0.6) is 0 Å². The van der Waals surface area contributed by atoms with Crippen molar-refractivity contribution in [3.05, 3.63) is 15.8 Å². The minimum absolute atomic E-state index is 0.0155. The molecule has 0 spiro atoms. The molecule has 1 amide bonds. The number of nitrogens with two attached hydrogens (primary N) is 1. The van der Waals surface area contributed by atoms with E-state index in [1.165, 1.54) is 11.8 Å². The Hall–Kier alpha value is -2.45. The van der Waals surface area contributed by atoms with Crippen LogP contribution in [0.15, 0.2) is 0 Å². The lowest BCUT2D eigenvalue weighted by Gasteiger charge is -2.23. The lowest BCUT2D eigenvalue weighted by Crippen LogP contribution is -2.39. The zero-order chi connectivity index (χ0) is 16.2. The second-order valence-corrected chi connectivity index (χ2v) is 4.52. The topological polar surface area (TPSA) is 118 Å². The molecule has 0 aliphatic heterocycles. The molecule has 21 heavy (non-hydrogen) atoms. The van der Waals surface area contributed by atoms with Gasteiger partial charge in [0.05, 0.1) is 11.5 Å². The van der Waals surface area contributed by atoms with Gasteiger partial charge >= 0.3 is 5.69 Å². The summed E-state index contributed by atoms with van der Waals surface area (Å²) in [5.41, 5.74) is 5.48. The van der Waals surface area contributed by atoms with Crippen molar-refractivity contribution in [1.29, 1.82) is 0 Å². The minimum Gasteiger partial charge on any atom is -0.368 e. The molecule has 0 unspecified atom stereocenters. The van der Waals surface area contributed by atoms with Crippen LogP contribution in [0, 0.1) is 17.0 Å². The predicted molar refractivity (Wildman–Crippen MR) is 79.0 cm³/mol. The van der Waals surface area contributed by atoms with Crippen molar-refractivity contribution in [2.24, 2.45) is 0 Å². The predicted octanol–water partition coefficient (Wildman–Crippen LogP) is 0.580. The number of rotatable bonds is 6. The zero-order valence-corrected chi connectivity index (χ0v) is 12.7. The van der Waals surface area contributed by atoms with E-state index in [-0.39, 0.29) is 35.6 Å². The molecular formula is C12H20N6O3. The van der Waals surface area contributed by atoms with E-state index >= 15 is 0 Å². The third-order valence-electron chi connectivity index (χ3n) is 3.09. The summed E-state index contributed by atoms with van der Waals surface area (Å²) in [6.07, 6.45) is 0. The van der Waals surface area contributed by atoms with Crippen molar-refractivity contribution in [2.75, 3.05) is 37.3 Å². The lowest BCUT2D eigenvalue weighted by molar-refractivity contribution is -0.385. The maximum absolute atomic E-state index is 12.1. The Morgan fingerprint density at radius 1 is 1.33 bits per heavy atom. The molecule has 9 nitrogen and oxygen atoms in total. The van der Waals surface area contributed by atoms with Crippen LogP contribution < -0.4 is 10.6 Å². The van der Waals surface area contributed by atoms with Gasteiger partial charge in [-0.1, -0.05) is 0 Å². The number of hydrogen-bond acceptors (Lipinski definition) is 7. The molecule has 0 bridgehead atoms. The molecule has 1 rings (SSSR count). The molecule has 2 N–H and O–H groups in total. The molecule has 0 aromatic carbocycles. The second-order valence-electron chi connectivity index (χ2n) is 4.52. The number of nitrogens with zero attached hydrogens (tertiary/aromatic N) is 5. The normalized spacial score (nSPS) is 10.3. The number of hydrogen-bond donors (Lipinski definition) is 1. The Bertz CT molecular complexity index is 544. The van der Waals surface area contributed by atoms with E-state index in [2.05, 4.69) is 9.97 Å². The third-order valence-corrected chi connectivity index (χ3v) is 3.09. The van der Waals surface area contributed by atoms with Gasteiger partial charge in [0.2, 0.25) is 17.7 Å². The molecule has 1 aromatic rings. The molecule has 0 saturated heterocycles. The van der Waals surface area contributed by atoms with E-state index in [1.807, 2.05) is 13.8 Å². The van der Waals surface area contributed by atoms with Crippen LogP contribution in [0.4, 0.5) is 17.5 Å². The molecule has 0 aliphatic rings. The first-order chi connectivity index (χ1) is 9.81. The highest BCUT2D eigenvalue weighted by Gasteiger charge is 2.26. The Labute approximate surface area is 122 Å². The van der Waals surface area contributed by atoms with Gasteiger partial charge in [-0.2, -0.15) is 4.98 Å². The van der Waals surface area contributed by atoms with Gasteiger partial charge in [-0.25, -0.2) is 4.98 Å². The van der Waals surface area contributed by atoms with E-state index in [0.29, 0.717) is 13.1 Å². The van der Waals surface area contributed by atoms with E-state index in [4.69, 9.17) is 5.73 Å². The summed E-state index contributed by atoms with van der Waals surface area (Å²) in [4.78, 5) is 33.4. The fourth-order valence-corrected chi connectivity index (χ4v) is 2.01. The average Bonchev–Trinajstić information content (AvgIpc) is 2.38. The molecule has 1 aromatic heterocycles. The molecule has 1 heterocycles. The molecule has 0 aliphatic carbocycles. The van der Waals surface area contributed by atoms with Crippen LogP contribution in [0.25, 0.3) is 0 Å². The van der Waals surface area contributed by atoms with Gasteiger partial charge in [-0.05, 0) is 20.8 Å². The van der Waals surface area contributed by atoms with Crippen LogP contribution in [0.1, 0.15) is 19.5 Å². The SMILES string of the molecule is CCN(CC)C(=O)CN(C)c1nc(N)nc(C)c1[N+](=O)[O-]. The number of anilines is 2. The number of likely N-dealkylation sites (N-methyl/N-ethyl adjacent to an activating group) is 2. The van der Waals surface area contributed by atoms with E-state index in [9.17, 15) is 14.9 Å². The molecular weight excluding hydrogens is 276 g/mol. The standard InChI is InChI=1S/C12H20N6O3/c1-5-17(6-2)9(19)7-16(4)11-10(18(20)21)8(3)14-12(13)15-11/h5-7H2,1-4H3,(H2,13,14,15). The van der Waals surface area contributed by atoms with Crippen molar-refractivity contribution in [3.8, 4) is 0 Å². The quantitative estimate of drug-likeness (QED) is 0.602. The fourth-order valence-electron chi connectivity index (χ4n) is 2.01. The largest absolute Gasteiger partial charge is 0.368 e. The summed E-state index contributed by atoms with van der Waals surface area (Å²) in [5.74, 6) is -0.146. The molecule has 116 valence electrons. The van der Waals surface area contributed by atoms with Crippen LogP contribution in [-0.2, 0) is 4.79 Å². The number of aromatic nitrogens is 2. The molecule has 0 fully saturated rings. The van der Waals surface area contributed by atoms with Crippen LogP contribution in [0.3, 0.4) is 0 Å². The van der Waals surface area contributed by atoms with Gasteiger partial charge in [-0.3, -0.25) is 14.9 Å². The Morgan fingerprint density at radius 2 is 1.90 bits per heavy atom. The Balaban J connectivity index is 3.10. The summed E-state index contributed by atoms with van der Waals surface area (Å²) < 4.78 is 0. The molecule has 0 atom stereocenters. The summed E-state index contributed by atoms with van der Waals surface area (Å²) in [6.45, 7) is 6.37. The number of carbonyl (C=O) groups is 1. The first-order valence-corrected chi connectivity index (χ1v) is 6.59. The van der Waals surface area contributed by atoms with Gasteiger partial charge < -0.3 is 15.5 Å². The highest BCUT2D eigenvalue weighted by atomic mass is 16.6. The van der Waals surface area contributed by atoms with Crippen molar-refractivity contribution in [1.82, 2.24) is 14.9 Å². The van der Waals surface area contributed by atoms with Crippen LogP contribution >= 0.6 is 0 Å². The lowest BCUT2D eigenvalue weighted by atomic mass is 10.3. The van der Waals surface area contributed by atoms with E-state index in [1.54, 1.807) is 11.9 Å².